The van der Waals surface area contributed by atoms with Crippen molar-refractivity contribution in [2.45, 2.75) is 12.8 Å². The summed E-state index contributed by atoms with van der Waals surface area (Å²) in [6.45, 7) is 0.768. The summed E-state index contributed by atoms with van der Waals surface area (Å²) in [5, 5.41) is 8.20. The fourth-order valence-electron chi connectivity index (χ4n) is 0.297. The molecule has 0 aliphatic carbocycles. The predicted molar refractivity (Wildman–Crippen MR) is 26.5 cm³/mol. The zero-order valence-electron chi connectivity index (χ0n) is 4.26. The van der Waals surface area contributed by atoms with Crippen molar-refractivity contribution >= 4 is 0 Å². The standard InChI is InChI=1S/C4H11NO2/c5-7-4-2-1-3-6/h6H,1-5H2. The van der Waals surface area contributed by atoms with E-state index in [2.05, 4.69) is 10.7 Å². The zero-order valence-corrected chi connectivity index (χ0v) is 4.26. The molecule has 0 aromatic carbocycles. The average molecular weight is 105 g/mol. The number of aliphatic hydroxyl groups is 1. The van der Waals surface area contributed by atoms with E-state index in [1.807, 2.05) is 0 Å². The van der Waals surface area contributed by atoms with E-state index < -0.39 is 0 Å². The quantitative estimate of drug-likeness (QED) is 0.379. The van der Waals surface area contributed by atoms with Crippen LogP contribution in [-0.2, 0) is 4.84 Å². The number of rotatable bonds is 4. The third kappa shape index (κ3) is 5.88. The van der Waals surface area contributed by atoms with Gasteiger partial charge in [0.1, 0.15) is 0 Å². The van der Waals surface area contributed by atoms with Crippen LogP contribution in [0.5, 0.6) is 0 Å². The van der Waals surface area contributed by atoms with E-state index in [0.29, 0.717) is 6.61 Å². The fraction of sp³-hybridized carbons (Fsp3) is 1.00. The summed E-state index contributed by atoms with van der Waals surface area (Å²) in [5.41, 5.74) is 0. The molecule has 3 N–H and O–H groups in total. The van der Waals surface area contributed by atoms with Crippen LogP contribution < -0.4 is 5.90 Å². The van der Waals surface area contributed by atoms with Gasteiger partial charge in [0.2, 0.25) is 0 Å². The Balaban J connectivity index is 2.45. The monoisotopic (exact) mass is 105 g/mol. The molecule has 0 aromatic heterocycles. The maximum atomic E-state index is 8.20. The Morgan fingerprint density at radius 3 is 2.57 bits per heavy atom. The number of hydrogen-bond donors (Lipinski definition) is 2. The summed E-state index contributed by atoms with van der Waals surface area (Å²) >= 11 is 0. The molecule has 0 amide bonds. The first-order chi connectivity index (χ1) is 3.41. The van der Waals surface area contributed by atoms with Crippen molar-refractivity contribution in [2.24, 2.45) is 5.90 Å². The molecule has 44 valence electrons. The van der Waals surface area contributed by atoms with Crippen LogP contribution in [0.25, 0.3) is 0 Å². The third-order valence-corrected chi connectivity index (χ3v) is 0.670. The van der Waals surface area contributed by atoms with Crippen molar-refractivity contribution in [2.75, 3.05) is 13.2 Å². The average Bonchev–Trinajstić information content (AvgIpc) is 1.69. The number of hydrogen-bond acceptors (Lipinski definition) is 3. The molecule has 0 spiro atoms. The molecule has 0 atom stereocenters. The smallest absolute Gasteiger partial charge is 0.0680 e. The lowest BCUT2D eigenvalue weighted by molar-refractivity contribution is 0.128. The summed E-state index contributed by atoms with van der Waals surface area (Å²) in [4.78, 5) is 4.23. The highest BCUT2D eigenvalue weighted by atomic mass is 16.6. The lowest BCUT2D eigenvalue weighted by atomic mass is 10.3. The number of nitrogens with two attached hydrogens (primary N) is 1. The topological polar surface area (TPSA) is 55.5 Å². The van der Waals surface area contributed by atoms with Crippen molar-refractivity contribution in [1.82, 2.24) is 0 Å². The van der Waals surface area contributed by atoms with Crippen LogP contribution in [0.4, 0.5) is 0 Å². The highest BCUT2D eigenvalue weighted by Gasteiger charge is 1.81. The molecular formula is C4H11NO2. The van der Waals surface area contributed by atoms with Crippen LogP contribution in [-0.4, -0.2) is 18.3 Å². The van der Waals surface area contributed by atoms with Crippen molar-refractivity contribution < 1.29 is 9.94 Å². The molecule has 0 fully saturated rings. The summed E-state index contributed by atoms with van der Waals surface area (Å²) in [6.07, 6.45) is 1.62. The summed E-state index contributed by atoms with van der Waals surface area (Å²) in [6, 6.07) is 0. The van der Waals surface area contributed by atoms with Gasteiger partial charge in [-0.3, -0.25) is 0 Å². The largest absolute Gasteiger partial charge is 0.396 e. The number of aliphatic hydroxyl groups excluding tert-OH is 1. The highest BCUT2D eigenvalue weighted by Crippen LogP contribution is 1.83. The Morgan fingerprint density at radius 1 is 1.43 bits per heavy atom. The van der Waals surface area contributed by atoms with Gasteiger partial charge in [0.15, 0.2) is 0 Å². The molecule has 7 heavy (non-hydrogen) atoms. The van der Waals surface area contributed by atoms with Crippen molar-refractivity contribution in [3.05, 3.63) is 0 Å². The fourth-order valence-corrected chi connectivity index (χ4v) is 0.297. The van der Waals surface area contributed by atoms with E-state index in [-0.39, 0.29) is 6.61 Å². The first-order valence-corrected chi connectivity index (χ1v) is 2.34. The summed E-state index contributed by atoms with van der Waals surface area (Å²) in [5.74, 6) is 4.69. The van der Waals surface area contributed by atoms with Crippen LogP contribution in [0.1, 0.15) is 12.8 Å². The van der Waals surface area contributed by atoms with Gasteiger partial charge >= 0.3 is 0 Å². The Kier molecular flexibility index (Phi) is 5.78. The molecule has 0 heterocycles. The lowest BCUT2D eigenvalue weighted by Crippen LogP contribution is -2.00. The van der Waals surface area contributed by atoms with Crippen LogP contribution in [0.15, 0.2) is 0 Å². The van der Waals surface area contributed by atoms with E-state index in [9.17, 15) is 0 Å². The molecular weight excluding hydrogens is 94.0 g/mol. The van der Waals surface area contributed by atoms with E-state index in [1.165, 1.54) is 0 Å². The molecule has 3 nitrogen and oxygen atoms in total. The lowest BCUT2D eigenvalue weighted by Gasteiger charge is -1.91. The number of unbranched alkanes of at least 4 members (excludes halogenated alkanes) is 1. The molecule has 0 aromatic rings. The van der Waals surface area contributed by atoms with Crippen molar-refractivity contribution in [3.63, 3.8) is 0 Å². The molecule has 0 aliphatic heterocycles. The van der Waals surface area contributed by atoms with E-state index in [0.717, 1.165) is 12.8 Å². The molecule has 0 rings (SSSR count). The first kappa shape index (κ1) is 6.88. The van der Waals surface area contributed by atoms with E-state index in [4.69, 9.17) is 5.11 Å². The van der Waals surface area contributed by atoms with Gasteiger partial charge in [-0.1, -0.05) is 0 Å². The van der Waals surface area contributed by atoms with Crippen molar-refractivity contribution in [3.8, 4) is 0 Å². The molecule has 0 saturated heterocycles. The van der Waals surface area contributed by atoms with Gasteiger partial charge in [-0.05, 0) is 12.8 Å². The minimum Gasteiger partial charge on any atom is -0.396 e. The van der Waals surface area contributed by atoms with Gasteiger partial charge in [0.05, 0.1) is 6.61 Å². The Labute approximate surface area is 43.0 Å². The van der Waals surface area contributed by atoms with Gasteiger partial charge in [-0.25, -0.2) is 5.90 Å². The van der Waals surface area contributed by atoms with Crippen LogP contribution in [0.2, 0.25) is 0 Å². The van der Waals surface area contributed by atoms with Crippen molar-refractivity contribution in [1.29, 1.82) is 0 Å². The Hall–Kier alpha value is -0.120. The third-order valence-electron chi connectivity index (χ3n) is 0.670. The second kappa shape index (κ2) is 5.88. The second-order valence-corrected chi connectivity index (χ2v) is 1.30. The van der Waals surface area contributed by atoms with E-state index >= 15 is 0 Å². The van der Waals surface area contributed by atoms with Gasteiger partial charge in [0, 0.05) is 6.61 Å². The zero-order chi connectivity index (χ0) is 5.54. The minimum absolute atomic E-state index is 0.226. The molecule has 3 heteroatoms. The Morgan fingerprint density at radius 2 is 2.14 bits per heavy atom. The summed E-state index contributed by atoms with van der Waals surface area (Å²) < 4.78 is 0. The molecule has 0 bridgehead atoms. The predicted octanol–water partition coefficient (Wildman–Crippen LogP) is -0.351. The normalized spacial score (nSPS) is 9.43. The van der Waals surface area contributed by atoms with Gasteiger partial charge in [0.25, 0.3) is 0 Å². The molecule has 0 unspecified atom stereocenters. The second-order valence-electron chi connectivity index (χ2n) is 1.30. The Bertz CT molecular complexity index is 28.9. The van der Waals surface area contributed by atoms with Gasteiger partial charge in [-0.15, -0.1) is 0 Å². The SMILES string of the molecule is NOCCCCO. The van der Waals surface area contributed by atoms with E-state index in [1.54, 1.807) is 0 Å². The highest BCUT2D eigenvalue weighted by molar-refractivity contribution is 4.32. The van der Waals surface area contributed by atoms with Crippen LogP contribution in [0, 0.1) is 0 Å². The summed E-state index contributed by atoms with van der Waals surface area (Å²) in [7, 11) is 0. The molecule has 0 aliphatic rings. The maximum absolute atomic E-state index is 8.20. The van der Waals surface area contributed by atoms with Crippen LogP contribution >= 0.6 is 0 Å². The van der Waals surface area contributed by atoms with Gasteiger partial charge in [-0.2, -0.15) is 0 Å². The molecule has 0 saturated carbocycles. The van der Waals surface area contributed by atoms with Crippen LogP contribution in [0.3, 0.4) is 0 Å². The maximum Gasteiger partial charge on any atom is 0.0680 e. The van der Waals surface area contributed by atoms with Gasteiger partial charge < -0.3 is 9.94 Å². The first-order valence-electron chi connectivity index (χ1n) is 2.34. The minimum atomic E-state index is 0.226. The molecule has 0 radical (unpaired) electrons.